The maximum Gasteiger partial charge on any atom is 0.191 e. The van der Waals surface area contributed by atoms with Crippen molar-refractivity contribution in [3.63, 3.8) is 0 Å². The minimum Gasteiger partial charge on any atom is -0.493 e. The molecule has 8 heteroatoms. The van der Waals surface area contributed by atoms with Gasteiger partial charge in [-0.25, -0.2) is 4.99 Å². The molecular weight excluding hydrogens is 519 g/mol. The Hall–Kier alpha value is -2.20. The monoisotopic (exact) mass is 556 g/mol. The largest absolute Gasteiger partial charge is 0.493 e. The average molecular weight is 556 g/mol. The Morgan fingerprint density at radius 2 is 1.81 bits per heavy atom. The highest BCUT2D eigenvalue weighted by molar-refractivity contribution is 14.0. The van der Waals surface area contributed by atoms with Crippen LogP contribution in [0.3, 0.4) is 0 Å². The summed E-state index contributed by atoms with van der Waals surface area (Å²) in [5, 5.41) is 6.62. The van der Waals surface area contributed by atoms with Crippen molar-refractivity contribution in [3.05, 3.63) is 54.1 Å². The Bertz CT molecular complexity index is 817. The zero-order valence-electron chi connectivity index (χ0n) is 19.8. The van der Waals surface area contributed by atoms with Crippen LogP contribution in [0.25, 0.3) is 0 Å². The fourth-order valence-electron chi connectivity index (χ4n) is 2.81. The van der Waals surface area contributed by atoms with Crippen molar-refractivity contribution in [1.29, 1.82) is 0 Å². The molecule has 0 amide bonds. The average Bonchev–Trinajstić information content (AvgIpc) is 2.76. The van der Waals surface area contributed by atoms with Crippen molar-refractivity contribution in [2.45, 2.75) is 26.5 Å². The van der Waals surface area contributed by atoms with Gasteiger partial charge < -0.3 is 29.7 Å². The molecule has 178 valence electrons. The maximum absolute atomic E-state index is 6.01. The van der Waals surface area contributed by atoms with Gasteiger partial charge in [0.15, 0.2) is 17.5 Å². The second-order valence-electron chi connectivity index (χ2n) is 7.45. The molecule has 2 N–H and O–H groups in total. The van der Waals surface area contributed by atoms with Crippen LogP contribution < -0.4 is 24.8 Å². The maximum atomic E-state index is 6.01. The van der Waals surface area contributed by atoms with Crippen LogP contribution in [-0.2, 0) is 6.54 Å². The van der Waals surface area contributed by atoms with E-state index in [9.17, 15) is 0 Å². The van der Waals surface area contributed by atoms with E-state index in [0.29, 0.717) is 19.7 Å². The molecule has 0 spiro atoms. The smallest absolute Gasteiger partial charge is 0.191 e. The zero-order chi connectivity index (χ0) is 22.5. The molecular formula is C24H37IN4O3. The molecule has 0 fully saturated rings. The molecule has 0 aromatic heterocycles. The molecule has 0 saturated carbocycles. The van der Waals surface area contributed by atoms with Crippen LogP contribution in [0.15, 0.2) is 53.5 Å². The quantitative estimate of drug-likeness (QED) is 0.236. The summed E-state index contributed by atoms with van der Waals surface area (Å²) < 4.78 is 17.2. The number of guanidine groups is 1. The van der Waals surface area contributed by atoms with E-state index < -0.39 is 0 Å². The van der Waals surface area contributed by atoms with Gasteiger partial charge in [0.25, 0.3) is 0 Å². The third-order valence-corrected chi connectivity index (χ3v) is 4.42. The first-order valence-corrected chi connectivity index (χ1v) is 10.7. The summed E-state index contributed by atoms with van der Waals surface area (Å²) in [5.74, 6) is 3.07. The van der Waals surface area contributed by atoms with Gasteiger partial charge in [0.1, 0.15) is 18.5 Å². The number of aliphatic imine (C=N–C) groups is 1. The van der Waals surface area contributed by atoms with E-state index in [4.69, 9.17) is 19.2 Å². The predicted octanol–water partition coefficient (Wildman–Crippen LogP) is 3.78. The topological polar surface area (TPSA) is 67.4 Å². The number of ether oxygens (including phenoxy) is 3. The Labute approximate surface area is 209 Å². The number of hydrogen-bond donors (Lipinski definition) is 2. The molecule has 0 aliphatic heterocycles. The first-order valence-electron chi connectivity index (χ1n) is 10.7. The number of para-hydroxylation sites is 2. The first kappa shape index (κ1) is 27.8. The molecule has 1 unspecified atom stereocenters. The Balaban J connectivity index is 0.00000512. The molecule has 0 aliphatic rings. The molecule has 2 aromatic carbocycles. The van der Waals surface area contributed by atoms with Crippen LogP contribution in [0.5, 0.6) is 17.2 Å². The van der Waals surface area contributed by atoms with Crippen molar-refractivity contribution < 1.29 is 14.2 Å². The minimum atomic E-state index is -0.0615. The summed E-state index contributed by atoms with van der Waals surface area (Å²) in [5.41, 5.74) is 1.10. The molecule has 1 atom stereocenters. The molecule has 0 saturated heterocycles. The molecule has 2 aromatic rings. The highest BCUT2D eigenvalue weighted by Crippen LogP contribution is 2.26. The van der Waals surface area contributed by atoms with Crippen molar-refractivity contribution in [2.75, 3.05) is 47.4 Å². The molecule has 2 rings (SSSR count). The summed E-state index contributed by atoms with van der Waals surface area (Å²) in [4.78, 5) is 6.79. The van der Waals surface area contributed by atoms with Gasteiger partial charge in [0.05, 0.1) is 20.2 Å². The molecule has 0 heterocycles. The van der Waals surface area contributed by atoms with Gasteiger partial charge in [-0.3, -0.25) is 0 Å². The highest BCUT2D eigenvalue weighted by Gasteiger charge is 2.09. The van der Waals surface area contributed by atoms with E-state index in [1.165, 1.54) is 0 Å². The van der Waals surface area contributed by atoms with E-state index >= 15 is 0 Å². The van der Waals surface area contributed by atoms with Crippen molar-refractivity contribution in [3.8, 4) is 17.2 Å². The van der Waals surface area contributed by atoms with Gasteiger partial charge in [-0.05, 0) is 57.8 Å². The summed E-state index contributed by atoms with van der Waals surface area (Å²) >= 11 is 0. The SMILES string of the molecule is CCNC(=NCc1cccc(OCCN(C)C)c1)NCC(C)Oc1ccccc1OC.I. The summed E-state index contributed by atoms with van der Waals surface area (Å²) in [6.07, 6.45) is -0.0615. The molecule has 0 aliphatic carbocycles. The van der Waals surface area contributed by atoms with Crippen LogP contribution in [-0.4, -0.2) is 64.4 Å². The van der Waals surface area contributed by atoms with Gasteiger partial charge in [-0.1, -0.05) is 24.3 Å². The lowest BCUT2D eigenvalue weighted by Crippen LogP contribution is -2.41. The van der Waals surface area contributed by atoms with E-state index in [2.05, 4.69) is 21.6 Å². The zero-order valence-corrected chi connectivity index (χ0v) is 22.1. The van der Waals surface area contributed by atoms with E-state index in [0.717, 1.165) is 41.9 Å². The minimum absolute atomic E-state index is 0. The predicted molar refractivity (Wildman–Crippen MR) is 142 cm³/mol. The molecule has 0 bridgehead atoms. The van der Waals surface area contributed by atoms with Crippen LogP contribution >= 0.6 is 24.0 Å². The lowest BCUT2D eigenvalue weighted by molar-refractivity contribution is 0.213. The number of nitrogens with zero attached hydrogens (tertiary/aromatic N) is 2. The fraction of sp³-hybridized carbons (Fsp3) is 0.458. The number of rotatable bonds is 12. The number of halogens is 1. The Kier molecular flexibility index (Phi) is 13.5. The standard InChI is InChI=1S/C24H36N4O3.HI/c1-6-25-24(26-17-19(2)31-23-13-8-7-12-22(23)29-5)27-18-20-10-9-11-21(16-20)30-15-14-28(3)4;/h7-13,16,19H,6,14-15,17-18H2,1-5H3,(H2,25,26,27);1H. The highest BCUT2D eigenvalue weighted by atomic mass is 127. The second kappa shape index (κ2) is 15.6. The van der Waals surface area contributed by atoms with E-state index in [-0.39, 0.29) is 30.1 Å². The number of nitrogens with one attached hydrogen (secondary N) is 2. The van der Waals surface area contributed by atoms with E-state index in [1.807, 2.05) is 70.4 Å². The van der Waals surface area contributed by atoms with Gasteiger partial charge in [0.2, 0.25) is 0 Å². The number of benzene rings is 2. The van der Waals surface area contributed by atoms with Crippen LogP contribution in [0.2, 0.25) is 0 Å². The summed E-state index contributed by atoms with van der Waals surface area (Å²) in [6, 6.07) is 15.7. The number of hydrogen-bond acceptors (Lipinski definition) is 5. The van der Waals surface area contributed by atoms with Crippen LogP contribution in [0.4, 0.5) is 0 Å². The molecule has 32 heavy (non-hydrogen) atoms. The third-order valence-electron chi connectivity index (χ3n) is 4.42. The van der Waals surface area contributed by atoms with Crippen molar-refractivity contribution in [2.24, 2.45) is 4.99 Å². The fourth-order valence-corrected chi connectivity index (χ4v) is 2.81. The number of methoxy groups -OCH3 is 1. The van der Waals surface area contributed by atoms with Crippen LogP contribution in [0.1, 0.15) is 19.4 Å². The van der Waals surface area contributed by atoms with Crippen molar-refractivity contribution in [1.82, 2.24) is 15.5 Å². The first-order chi connectivity index (χ1) is 15.0. The third kappa shape index (κ3) is 10.4. The van der Waals surface area contributed by atoms with Crippen LogP contribution in [0, 0.1) is 0 Å². The molecule has 7 nitrogen and oxygen atoms in total. The van der Waals surface area contributed by atoms with Gasteiger partial charge >= 0.3 is 0 Å². The van der Waals surface area contributed by atoms with Gasteiger partial charge in [-0.15, -0.1) is 24.0 Å². The summed E-state index contributed by atoms with van der Waals surface area (Å²) in [6.45, 7) is 7.55. The van der Waals surface area contributed by atoms with Gasteiger partial charge in [0, 0.05) is 13.1 Å². The molecule has 0 radical (unpaired) electrons. The van der Waals surface area contributed by atoms with Gasteiger partial charge in [-0.2, -0.15) is 0 Å². The lowest BCUT2D eigenvalue weighted by atomic mass is 10.2. The lowest BCUT2D eigenvalue weighted by Gasteiger charge is -2.19. The Morgan fingerprint density at radius 1 is 1.06 bits per heavy atom. The Morgan fingerprint density at radius 3 is 2.50 bits per heavy atom. The van der Waals surface area contributed by atoms with Crippen molar-refractivity contribution >= 4 is 29.9 Å². The number of likely N-dealkylation sites (N-methyl/N-ethyl adjacent to an activating group) is 1. The van der Waals surface area contributed by atoms with E-state index in [1.54, 1.807) is 7.11 Å². The second-order valence-corrected chi connectivity index (χ2v) is 7.45. The summed E-state index contributed by atoms with van der Waals surface area (Å²) in [7, 11) is 5.71. The normalized spacial score (nSPS) is 12.0.